The molecule has 0 bridgehead atoms. The Hall–Kier alpha value is -0.470. The van der Waals surface area contributed by atoms with Crippen LogP contribution in [-0.4, -0.2) is 11.7 Å². The van der Waals surface area contributed by atoms with Crippen molar-refractivity contribution in [2.45, 2.75) is 25.2 Å². The third-order valence-corrected chi connectivity index (χ3v) is 2.64. The highest BCUT2D eigenvalue weighted by atomic mass is 19.3. The fraction of sp³-hybridized carbons (Fsp3) is 0.857. The highest BCUT2D eigenvalue weighted by Crippen LogP contribution is 2.54. The van der Waals surface area contributed by atoms with Crippen LogP contribution < -0.4 is 0 Å². The van der Waals surface area contributed by atoms with Crippen molar-refractivity contribution in [3.8, 4) is 0 Å². The van der Waals surface area contributed by atoms with Crippen molar-refractivity contribution in [2.24, 2.45) is 11.8 Å². The highest BCUT2D eigenvalue weighted by molar-refractivity contribution is 5.84. The first kappa shape index (κ1) is 6.25. The Balaban J connectivity index is 2.16. The second kappa shape index (κ2) is 1.57. The summed E-state index contributed by atoms with van der Waals surface area (Å²) in [4.78, 5) is 10.8. The Morgan fingerprint density at radius 3 is 2.60 bits per heavy atom. The van der Waals surface area contributed by atoms with Crippen LogP contribution in [0.4, 0.5) is 8.78 Å². The highest BCUT2D eigenvalue weighted by Gasteiger charge is 2.60. The van der Waals surface area contributed by atoms with Crippen molar-refractivity contribution in [3.63, 3.8) is 0 Å². The summed E-state index contributed by atoms with van der Waals surface area (Å²) in [7, 11) is 0. The fourth-order valence-corrected chi connectivity index (χ4v) is 1.95. The van der Waals surface area contributed by atoms with Gasteiger partial charge in [0.2, 0.25) is 0 Å². The summed E-state index contributed by atoms with van der Waals surface area (Å²) >= 11 is 0. The molecule has 3 heteroatoms. The standard InChI is InChI=1S/C7H8F2O/c8-7(9)3-4-5(7)1-2-6(4)10/h4-5H,1-3H2. The molecule has 0 heterocycles. The minimum absolute atomic E-state index is 0.0518. The lowest BCUT2D eigenvalue weighted by Crippen LogP contribution is -2.46. The third-order valence-electron chi connectivity index (χ3n) is 2.64. The fourth-order valence-electron chi connectivity index (χ4n) is 1.95. The molecule has 56 valence electrons. The number of ketones is 1. The van der Waals surface area contributed by atoms with Crippen LogP contribution in [0.3, 0.4) is 0 Å². The molecule has 2 unspecified atom stereocenters. The van der Waals surface area contributed by atoms with E-state index in [1.807, 2.05) is 0 Å². The van der Waals surface area contributed by atoms with Gasteiger partial charge in [-0.05, 0) is 6.42 Å². The topological polar surface area (TPSA) is 17.1 Å². The summed E-state index contributed by atoms with van der Waals surface area (Å²) in [6, 6.07) is 0. The van der Waals surface area contributed by atoms with Gasteiger partial charge in [0, 0.05) is 24.7 Å². The molecule has 2 rings (SSSR count). The van der Waals surface area contributed by atoms with Crippen LogP contribution in [0.15, 0.2) is 0 Å². The molecule has 2 saturated carbocycles. The van der Waals surface area contributed by atoms with Gasteiger partial charge >= 0.3 is 0 Å². The number of alkyl halides is 2. The average molecular weight is 146 g/mol. The minimum atomic E-state index is -2.52. The van der Waals surface area contributed by atoms with E-state index in [1.54, 1.807) is 0 Å². The maximum atomic E-state index is 12.5. The summed E-state index contributed by atoms with van der Waals surface area (Å²) in [5, 5.41) is 0. The third kappa shape index (κ3) is 0.580. The van der Waals surface area contributed by atoms with Crippen LogP contribution >= 0.6 is 0 Å². The summed E-state index contributed by atoms with van der Waals surface area (Å²) in [6.07, 6.45) is 0.609. The van der Waals surface area contributed by atoms with E-state index in [-0.39, 0.29) is 18.1 Å². The van der Waals surface area contributed by atoms with Gasteiger partial charge in [-0.1, -0.05) is 0 Å². The van der Waals surface area contributed by atoms with Gasteiger partial charge < -0.3 is 0 Å². The summed E-state index contributed by atoms with van der Waals surface area (Å²) in [5.74, 6) is -3.34. The molecular formula is C7H8F2O. The predicted molar refractivity (Wildman–Crippen MR) is 30.8 cm³/mol. The van der Waals surface area contributed by atoms with E-state index < -0.39 is 11.8 Å². The van der Waals surface area contributed by atoms with E-state index in [1.165, 1.54) is 0 Å². The Kier molecular flexibility index (Phi) is 0.984. The number of Topliss-reactive ketones (excluding diaryl/α,β-unsaturated/α-hetero) is 1. The maximum Gasteiger partial charge on any atom is 0.252 e. The van der Waals surface area contributed by atoms with Crippen LogP contribution in [-0.2, 0) is 4.79 Å². The second-order valence-corrected chi connectivity index (χ2v) is 3.18. The molecule has 2 aliphatic carbocycles. The van der Waals surface area contributed by atoms with Gasteiger partial charge in [0.05, 0.1) is 0 Å². The van der Waals surface area contributed by atoms with Crippen molar-refractivity contribution in [1.29, 1.82) is 0 Å². The number of carbonyl (C=O) groups excluding carboxylic acids is 1. The lowest BCUT2D eigenvalue weighted by Gasteiger charge is -2.38. The van der Waals surface area contributed by atoms with E-state index >= 15 is 0 Å². The van der Waals surface area contributed by atoms with Gasteiger partial charge in [0.15, 0.2) is 0 Å². The van der Waals surface area contributed by atoms with E-state index in [0.717, 1.165) is 0 Å². The SMILES string of the molecule is O=C1CCC2C1CC2(F)F. The van der Waals surface area contributed by atoms with Crippen LogP contribution in [0.25, 0.3) is 0 Å². The Morgan fingerprint density at radius 1 is 1.50 bits per heavy atom. The Morgan fingerprint density at radius 2 is 2.20 bits per heavy atom. The Bertz CT molecular complexity index is 188. The number of hydrogen-bond acceptors (Lipinski definition) is 1. The molecule has 10 heavy (non-hydrogen) atoms. The van der Waals surface area contributed by atoms with Crippen molar-refractivity contribution >= 4 is 5.78 Å². The van der Waals surface area contributed by atoms with Crippen LogP contribution in [0, 0.1) is 11.8 Å². The summed E-state index contributed by atoms with van der Waals surface area (Å²) < 4.78 is 25.0. The Labute approximate surface area is 57.4 Å². The van der Waals surface area contributed by atoms with Gasteiger partial charge in [-0.2, -0.15) is 0 Å². The molecular weight excluding hydrogens is 138 g/mol. The molecule has 1 nitrogen and oxygen atoms in total. The van der Waals surface area contributed by atoms with Gasteiger partial charge in [-0.25, -0.2) is 8.78 Å². The largest absolute Gasteiger partial charge is 0.299 e. The first-order chi connectivity index (χ1) is 4.61. The maximum absolute atomic E-state index is 12.5. The molecule has 2 atom stereocenters. The van der Waals surface area contributed by atoms with Crippen LogP contribution in [0.2, 0.25) is 0 Å². The predicted octanol–water partition coefficient (Wildman–Crippen LogP) is 1.62. The first-order valence-electron chi connectivity index (χ1n) is 3.52. The number of hydrogen-bond donors (Lipinski definition) is 0. The van der Waals surface area contributed by atoms with Gasteiger partial charge in [0.25, 0.3) is 5.92 Å². The van der Waals surface area contributed by atoms with Gasteiger partial charge in [-0.15, -0.1) is 0 Å². The lowest BCUT2D eigenvalue weighted by atomic mass is 9.72. The molecule has 2 fully saturated rings. The zero-order valence-corrected chi connectivity index (χ0v) is 5.44. The quantitative estimate of drug-likeness (QED) is 0.507. The molecule has 0 N–H and O–H groups in total. The zero-order valence-electron chi connectivity index (χ0n) is 5.44. The smallest absolute Gasteiger partial charge is 0.252 e. The van der Waals surface area contributed by atoms with Crippen molar-refractivity contribution < 1.29 is 13.6 Å². The van der Waals surface area contributed by atoms with E-state index in [0.29, 0.717) is 12.8 Å². The summed E-state index contributed by atoms with van der Waals surface area (Å²) in [5.41, 5.74) is 0. The molecule has 0 aromatic carbocycles. The van der Waals surface area contributed by atoms with Gasteiger partial charge in [0.1, 0.15) is 5.78 Å². The molecule has 0 aromatic rings. The van der Waals surface area contributed by atoms with Crippen molar-refractivity contribution in [3.05, 3.63) is 0 Å². The van der Waals surface area contributed by atoms with E-state index in [9.17, 15) is 13.6 Å². The number of halogens is 2. The summed E-state index contributed by atoms with van der Waals surface area (Å²) in [6.45, 7) is 0. The monoisotopic (exact) mass is 146 g/mol. The second-order valence-electron chi connectivity index (χ2n) is 3.18. The zero-order chi connectivity index (χ0) is 7.35. The molecule has 0 amide bonds. The molecule has 0 spiro atoms. The average Bonchev–Trinajstić information content (AvgIpc) is 2.09. The molecule has 0 saturated heterocycles. The van der Waals surface area contributed by atoms with E-state index in [2.05, 4.69) is 0 Å². The number of rotatable bonds is 0. The number of fused-ring (bicyclic) bond motifs is 1. The van der Waals surface area contributed by atoms with Crippen molar-refractivity contribution in [2.75, 3.05) is 0 Å². The van der Waals surface area contributed by atoms with Crippen molar-refractivity contribution in [1.82, 2.24) is 0 Å². The lowest BCUT2D eigenvalue weighted by molar-refractivity contribution is -0.168. The number of carbonyl (C=O) groups is 1. The molecule has 0 aliphatic heterocycles. The van der Waals surface area contributed by atoms with E-state index in [4.69, 9.17) is 0 Å². The normalized spacial score (nSPS) is 42.8. The first-order valence-corrected chi connectivity index (χ1v) is 3.52. The van der Waals surface area contributed by atoms with Crippen LogP contribution in [0.1, 0.15) is 19.3 Å². The molecule has 0 aromatic heterocycles. The van der Waals surface area contributed by atoms with Gasteiger partial charge in [-0.3, -0.25) is 4.79 Å². The molecule has 0 radical (unpaired) electrons. The minimum Gasteiger partial charge on any atom is -0.299 e. The van der Waals surface area contributed by atoms with Crippen LogP contribution in [0.5, 0.6) is 0 Å². The molecule has 2 aliphatic rings.